The first-order valence-corrected chi connectivity index (χ1v) is 16.4. The van der Waals surface area contributed by atoms with Gasteiger partial charge in [0.1, 0.15) is 0 Å². The molecular formula is C28H60NO4P. The summed E-state index contributed by atoms with van der Waals surface area (Å²) in [6.07, 6.45) is 28.8. The van der Waals surface area contributed by atoms with E-state index in [2.05, 4.69) is 23.3 Å². The first kappa shape index (κ1) is 34.1. The number of unbranched alkanes of at least 4 members (excludes halogenated alkanes) is 19. The molecule has 0 unspecified atom stereocenters. The first-order valence-electron chi connectivity index (χ1n) is 14.9. The number of hydrogen-bond donors (Lipinski definition) is 2. The third kappa shape index (κ3) is 28.3. The maximum absolute atomic E-state index is 10.7. The molecule has 0 saturated carbocycles. The van der Waals surface area contributed by atoms with Gasteiger partial charge in [0.05, 0.1) is 6.61 Å². The normalized spacial score (nSPS) is 12.1. The van der Waals surface area contributed by atoms with E-state index in [4.69, 9.17) is 9.79 Å². The van der Waals surface area contributed by atoms with Crippen LogP contribution in [0.25, 0.3) is 0 Å². The number of phosphoric acid groups is 1. The van der Waals surface area contributed by atoms with Crippen LogP contribution in [-0.4, -0.2) is 40.9 Å². The van der Waals surface area contributed by atoms with Gasteiger partial charge in [-0.15, -0.1) is 0 Å². The van der Waals surface area contributed by atoms with E-state index in [9.17, 15) is 4.57 Å². The van der Waals surface area contributed by atoms with Crippen LogP contribution in [0.15, 0.2) is 0 Å². The van der Waals surface area contributed by atoms with Gasteiger partial charge in [-0.25, -0.2) is 4.57 Å². The summed E-state index contributed by atoms with van der Waals surface area (Å²) < 4.78 is 15.2. The molecule has 0 fully saturated rings. The van der Waals surface area contributed by atoms with Crippen molar-refractivity contribution >= 4 is 7.82 Å². The van der Waals surface area contributed by atoms with Crippen molar-refractivity contribution in [1.82, 2.24) is 4.90 Å². The third-order valence-corrected chi connectivity index (χ3v) is 7.30. The number of hydrogen-bond acceptors (Lipinski definition) is 3. The van der Waals surface area contributed by atoms with Crippen molar-refractivity contribution in [2.75, 3.05) is 26.2 Å². The van der Waals surface area contributed by atoms with Gasteiger partial charge < -0.3 is 14.7 Å². The molecule has 6 heteroatoms. The molecule has 0 saturated heterocycles. The molecule has 34 heavy (non-hydrogen) atoms. The van der Waals surface area contributed by atoms with Crippen molar-refractivity contribution < 1.29 is 18.9 Å². The van der Waals surface area contributed by atoms with E-state index in [1.807, 2.05) is 0 Å². The van der Waals surface area contributed by atoms with Gasteiger partial charge in [-0.05, 0) is 45.3 Å². The SMILES string of the molecule is CCCCCCCCCCN(CCCCCCCCCC)CCCCCCCCOP(=O)(O)O. The van der Waals surface area contributed by atoms with Crippen molar-refractivity contribution in [1.29, 1.82) is 0 Å². The summed E-state index contributed by atoms with van der Waals surface area (Å²) in [6, 6.07) is 0. The Morgan fingerprint density at radius 2 is 0.794 bits per heavy atom. The Balaban J connectivity index is 3.89. The van der Waals surface area contributed by atoms with Gasteiger partial charge in [-0.2, -0.15) is 0 Å². The Kier molecular flexibility index (Phi) is 26.2. The van der Waals surface area contributed by atoms with Crippen LogP contribution in [0.3, 0.4) is 0 Å². The van der Waals surface area contributed by atoms with Gasteiger partial charge in [0.25, 0.3) is 0 Å². The number of rotatable bonds is 28. The maximum atomic E-state index is 10.7. The monoisotopic (exact) mass is 505 g/mol. The zero-order valence-corrected chi connectivity index (χ0v) is 23.9. The van der Waals surface area contributed by atoms with Gasteiger partial charge in [0, 0.05) is 0 Å². The molecule has 0 amide bonds. The van der Waals surface area contributed by atoms with Gasteiger partial charge in [-0.1, -0.05) is 129 Å². The Labute approximate surface area is 213 Å². The zero-order chi connectivity index (χ0) is 25.2. The second-order valence-corrected chi connectivity index (χ2v) is 11.5. The molecule has 0 aliphatic heterocycles. The molecule has 0 heterocycles. The summed E-state index contributed by atoms with van der Waals surface area (Å²) in [4.78, 5) is 20.1. The van der Waals surface area contributed by atoms with Gasteiger partial charge in [0.2, 0.25) is 0 Å². The van der Waals surface area contributed by atoms with Gasteiger partial charge in [0.15, 0.2) is 0 Å². The molecule has 5 nitrogen and oxygen atoms in total. The van der Waals surface area contributed by atoms with Crippen molar-refractivity contribution in [3.05, 3.63) is 0 Å². The Hall–Kier alpha value is 0.0700. The fraction of sp³-hybridized carbons (Fsp3) is 1.00. The lowest BCUT2D eigenvalue weighted by molar-refractivity contribution is 0.193. The summed E-state index contributed by atoms with van der Waals surface area (Å²) in [6.45, 7) is 8.50. The van der Waals surface area contributed by atoms with E-state index < -0.39 is 7.82 Å². The fourth-order valence-electron chi connectivity index (χ4n) is 4.60. The average molecular weight is 506 g/mol. The van der Waals surface area contributed by atoms with Crippen LogP contribution in [0.5, 0.6) is 0 Å². The highest BCUT2D eigenvalue weighted by Crippen LogP contribution is 2.35. The van der Waals surface area contributed by atoms with Crippen molar-refractivity contribution in [2.45, 2.75) is 155 Å². The van der Waals surface area contributed by atoms with Crippen molar-refractivity contribution in [3.8, 4) is 0 Å². The van der Waals surface area contributed by atoms with E-state index in [1.54, 1.807) is 0 Å². The second-order valence-electron chi connectivity index (χ2n) is 10.2. The maximum Gasteiger partial charge on any atom is 0.469 e. The minimum Gasteiger partial charge on any atom is -0.303 e. The number of nitrogens with zero attached hydrogens (tertiary/aromatic N) is 1. The molecule has 0 radical (unpaired) electrons. The van der Waals surface area contributed by atoms with E-state index in [0.717, 1.165) is 19.3 Å². The summed E-state index contributed by atoms with van der Waals surface area (Å²) in [7, 11) is -4.29. The van der Waals surface area contributed by atoms with Gasteiger partial charge in [-0.3, -0.25) is 4.52 Å². The highest BCUT2D eigenvalue weighted by atomic mass is 31.2. The highest BCUT2D eigenvalue weighted by Gasteiger charge is 2.12. The molecule has 0 aliphatic rings. The molecule has 0 aliphatic carbocycles. The predicted molar refractivity (Wildman–Crippen MR) is 147 cm³/mol. The van der Waals surface area contributed by atoms with Crippen LogP contribution in [0.1, 0.15) is 155 Å². The largest absolute Gasteiger partial charge is 0.469 e. The molecule has 0 rings (SSSR count). The minimum absolute atomic E-state index is 0.162. The standard InChI is InChI=1S/C28H60NO4P/c1-3-5-7-9-11-13-17-21-25-29(26-22-18-14-12-10-8-6-4-2)27-23-19-15-16-20-24-28-33-34(30,31)32/h3-28H2,1-2H3,(H2,30,31,32). The fourth-order valence-corrected chi connectivity index (χ4v) is 4.97. The first-order chi connectivity index (χ1) is 16.5. The molecule has 0 spiro atoms. The van der Waals surface area contributed by atoms with E-state index >= 15 is 0 Å². The lowest BCUT2D eigenvalue weighted by atomic mass is 10.1. The lowest BCUT2D eigenvalue weighted by Crippen LogP contribution is -2.27. The third-order valence-electron chi connectivity index (χ3n) is 6.78. The van der Waals surface area contributed by atoms with E-state index in [-0.39, 0.29) is 6.61 Å². The second kappa shape index (κ2) is 26.1. The van der Waals surface area contributed by atoms with Crippen LogP contribution in [-0.2, 0) is 9.09 Å². The Bertz CT molecular complexity index is 424. The average Bonchev–Trinajstić information content (AvgIpc) is 2.80. The molecule has 2 N–H and O–H groups in total. The zero-order valence-electron chi connectivity index (χ0n) is 23.0. The van der Waals surface area contributed by atoms with Crippen LogP contribution in [0, 0.1) is 0 Å². The quantitative estimate of drug-likeness (QED) is 0.0820. The van der Waals surface area contributed by atoms with Crippen molar-refractivity contribution in [3.63, 3.8) is 0 Å². The molecule has 206 valence electrons. The summed E-state index contributed by atoms with van der Waals surface area (Å²) in [5.41, 5.74) is 0. The summed E-state index contributed by atoms with van der Waals surface area (Å²) in [5, 5.41) is 0. The summed E-state index contributed by atoms with van der Waals surface area (Å²) >= 11 is 0. The number of phosphoric ester groups is 1. The Morgan fingerprint density at radius 3 is 1.12 bits per heavy atom. The molecule has 0 aromatic rings. The summed E-state index contributed by atoms with van der Waals surface area (Å²) in [5.74, 6) is 0. The predicted octanol–water partition coefficient (Wildman–Crippen LogP) is 9.02. The molecule has 0 aromatic heterocycles. The van der Waals surface area contributed by atoms with Crippen LogP contribution in [0.2, 0.25) is 0 Å². The highest BCUT2D eigenvalue weighted by molar-refractivity contribution is 7.46. The molecule has 0 bridgehead atoms. The van der Waals surface area contributed by atoms with Crippen LogP contribution in [0.4, 0.5) is 0 Å². The molecule has 0 atom stereocenters. The Morgan fingerprint density at radius 1 is 0.500 bits per heavy atom. The molecular weight excluding hydrogens is 445 g/mol. The van der Waals surface area contributed by atoms with E-state index in [0.29, 0.717) is 0 Å². The van der Waals surface area contributed by atoms with Crippen LogP contribution < -0.4 is 0 Å². The topological polar surface area (TPSA) is 70.0 Å². The molecule has 0 aromatic carbocycles. The smallest absolute Gasteiger partial charge is 0.303 e. The van der Waals surface area contributed by atoms with Crippen LogP contribution >= 0.6 is 7.82 Å². The van der Waals surface area contributed by atoms with Crippen molar-refractivity contribution in [2.24, 2.45) is 0 Å². The van der Waals surface area contributed by atoms with Gasteiger partial charge >= 0.3 is 7.82 Å². The minimum atomic E-state index is -4.29. The lowest BCUT2D eigenvalue weighted by Gasteiger charge is -2.22. The van der Waals surface area contributed by atoms with E-state index in [1.165, 1.54) is 142 Å².